The van der Waals surface area contributed by atoms with Crippen molar-refractivity contribution in [3.8, 4) is 5.75 Å². The molecule has 0 aliphatic heterocycles. The van der Waals surface area contributed by atoms with E-state index in [2.05, 4.69) is 20.7 Å². The minimum absolute atomic E-state index is 0.000446. The zero-order valence-electron chi connectivity index (χ0n) is 8.73. The van der Waals surface area contributed by atoms with E-state index < -0.39 is 5.97 Å². The Hall–Kier alpha value is -1.36. The molecule has 0 saturated heterocycles. The van der Waals surface area contributed by atoms with Gasteiger partial charge in [0.05, 0.1) is 12.4 Å². The maximum Gasteiger partial charge on any atom is 0.343 e. The number of benzene rings is 1. The van der Waals surface area contributed by atoms with E-state index in [0.717, 1.165) is 0 Å². The Morgan fingerprint density at radius 2 is 1.88 bits per heavy atom. The summed E-state index contributed by atoms with van der Waals surface area (Å²) >= 11 is 3.09. The van der Waals surface area contributed by atoms with Gasteiger partial charge in [-0.3, -0.25) is 4.79 Å². The fourth-order valence-electron chi connectivity index (χ4n) is 1.02. The summed E-state index contributed by atoms with van der Waals surface area (Å²) in [5, 5.41) is 0.287. The van der Waals surface area contributed by atoms with E-state index in [9.17, 15) is 9.59 Å². The Kier molecular flexibility index (Phi) is 4.98. The molecule has 0 unspecified atom stereocenters. The second-order valence-electron chi connectivity index (χ2n) is 2.95. The molecule has 0 atom stereocenters. The number of carbonyl (C=O) groups is 2. The molecule has 0 aliphatic carbocycles. The number of hydrogen-bond donors (Lipinski definition) is 0. The molecule has 1 aromatic rings. The summed E-state index contributed by atoms with van der Waals surface area (Å²) in [6.45, 7) is -0.137. The maximum absolute atomic E-state index is 11.3. The number of carbonyl (C=O) groups excluding carboxylic acids is 2. The molecular weight excluding hydrogens is 276 g/mol. The van der Waals surface area contributed by atoms with E-state index in [-0.39, 0.29) is 17.7 Å². The normalized spacial score (nSPS) is 9.62. The van der Waals surface area contributed by atoms with E-state index in [4.69, 9.17) is 4.74 Å². The van der Waals surface area contributed by atoms with Crippen LogP contribution in [0.2, 0.25) is 0 Å². The predicted molar refractivity (Wildman–Crippen MR) is 62.1 cm³/mol. The summed E-state index contributed by atoms with van der Waals surface area (Å²) in [6.07, 6.45) is 0. The fraction of sp³-hybridized carbons (Fsp3) is 0.273. The van der Waals surface area contributed by atoms with Crippen molar-refractivity contribution in [1.29, 1.82) is 0 Å². The highest BCUT2D eigenvalue weighted by atomic mass is 79.9. The molecule has 0 fully saturated rings. The van der Waals surface area contributed by atoms with Crippen molar-refractivity contribution in [2.45, 2.75) is 0 Å². The zero-order valence-corrected chi connectivity index (χ0v) is 10.3. The molecule has 0 N–H and O–H groups in total. The lowest BCUT2D eigenvalue weighted by Gasteiger charge is -2.05. The van der Waals surface area contributed by atoms with E-state index >= 15 is 0 Å². The molecule has 0 heterocycles. The fourth-order valence-corrected chi connectivity index (χ4v) is 1.34. The first-order valence-electron chi connectivity index (χ1n) is 4.56. The van der Waals surface area contributed by atoms with Crippen LogP contribution in [-0.4, -0.2) is 30.8 Å². The minimum atomic E-state index is -0.444. The highest BCUT2D eigenvalue weighted by molar-refractivity contribution is 9.09. The largest absolute Gasteiger partial charge is 0.482 e. The Morgan fingerprint density at radius 3 is 2.38 bits per heavy atom. The Labute approximate surface area is 102 Å². The van der Waals surface area contributed by atoms with Gasteiger partial charge in [0.15, 0.2) is 12.4 Å². The van der Waals surface area contributed by atoms with Crippen LogP contribution in [-0.2, 0) is 9.53 Å². The van der Waals surface area contributed by atoms with E-state index in [1.807, 2.05) is 0 Å². The minimum Gasteiger partial charge on any atom is -0.482 e. The van der Waals surface area contributed by atoms with Crippen molar-refractivity contribution in [3.05, 3.63) is 29.8 Å². The van der Waals surface area contributed by atoms with Gasteiger partial charge in [0.25, 0.3) is 0 Å². The third kappa shape index (κ3) is 3.66. The summed E-state index contributed by atoms with van der Waals surface area (Å²) < 4.78 is 9.56. The first-order chi connectivity index (χ1) is 7.67. The summed E-state index contributed by atoms with van der Waals surface area (Å²) in [5.74, 6) is 0.0802. The number of Topliss-reactive ketones (excluding diaryl/α,β-unsaturated/α-hetero) is 1. The van der Waals surface area contributed by atoms with Gasteiger partial charge in [-0.1, -0.05) is 15.9 Å². The number of esters is 1. The van der Waals surface area contributed by atoms with Gasteiger partial charge in [-0.25, -0.2) is 4.79 Å². The van der Waals surface area contributed by atoms with Crippen molar-refractivity contribution in [1.82, 2.24) is 0 Å². The summed E-state index contributed by atoms with van der Waals surface area (Å²) in [7, 11) is 1.30. The number of halogens is 1. The third-order valence-electron chi connectivity index (χ3n) is 1.88. The highest BCUT2D eigenvalue weighted by Crippen LogP contribution is 2.13. The van der Waals surface area contributed by atoms with E-state index in [0.29, 0.717) is 11.3 Å². The lowest BCUT2D eigenvalue weighted by molar-refractivity contribution is -0.142. The standard InChI is InChI=1S/C11H11BrO4/c1-15-11(14)7-16-9-4-2-8(3-5-9)10(13)6-12/h2-5H,6-7H2,1H3. The molecule has 86 valence electrons. The first kappa shape index (κ1) is 12.7. The monoisotopic (exact) mass is 286 g/mol. The number of ether oxygens (including phenoxy) is 2. The molecule has 1 aromatic carbocycles. The van der Waals surface area contributed by atoms with Crippen molar-refractivity contribution < 1.29 is 19.1 Å². The molecule has 16 heavy (non-hydrogen) atoms. The van der Waals surface area contributed by atoms with Gasteiger partial charge in [-0.05, 0) is 24.3 Å². The molecule has 0 bridgehead atoms. The number of methoxy groups -OCH3 is 1. The second-order valence-corrected chi connectivity index (χ2v) is 3.51. The maximum atomic E-state index is 11.3. The molecule has 0 spiro atoms. The number of hydrogen-bond acceptors (Lipinski definition) is 4. The van der Waals surface area contributed by atoms with E-state index in [1.165, 1.54) is 7.11 Å². The Balaban J connectivity index is 2.58. The average molecular weight is 287 g/mol. The highest BCUT2D eigenvalue weighted by Gasteiger charge is 2.05. The molecule has 0 aromatic heterocycles. The lowest BCUT2D eigenvalue weighted by Crippen LogP contribution is -2.12. The smallest absolute Gasteiger partial charge is 0.343 e. The van der Waals surface area contributed by atoms with Crippen LogP contribution in [0.4, 0.5) is 0 Å². The average Bonchev–Trinajstić information content (AvgIpc) is 2.35. The van der Waals surface area contributed by atoms with Gasteiger partial charge in [-0.2, -0.15) is 0 Å². The molecule has 0 aliphatic rings. The van der Waals surface area contributed by atoms with Crippen molar-refractivity contribution >= 4 is 27.7 Å². The van der Waals surface area contributed by atoms with Gasteiger partial charge >= 0.3 is 5.97 Å². The van der Waals surface area contributed by atoms with Gasteiger partial charge in [-0.15, -0.1) is 0 Å². The molecule has 1 rings (SSSR count). The van der Waals surface area contributed by atoms with Crippen LogP contribution in [0, 0.1) is 0 Å². The molecule has 0 radical (unpaired) electrons. The molecule has 4 nitrogen and oxygen atoms in total. The Bertz CT molecular complexity index is 372. The van der Waals surface area contributed by atoms with Crippen molar-refractivity contribution in [2.75, 3.05) is 19.0 Å². The lowest BCUT2D eigenvalue weighted by atomic mass is 10.1. The van der Waals surface area contributed by atoms with Gasteiger partial charge in [0, 0.05) is 5.56 Å². The summed E-state index contributed by atoms with van der Waals surface area (Å²) in [6, 6.07) is 6.57. The number of ketones is 1. The molecule has 5 heteroatoms. The summed E-state index contributed by atoms with van der Waals surface area (Å²) in [5.41, 5.74) is 0.599. The van der Waals surface area contributed by atoms with Crippen LogP contribution in [0.3, 0.4) is 0 Å². The zero-order chi connectivity index (χ0) is 12.0. The molecular formula is C11H11BrO4. The number of alkyl halides is 1. The first-order valence-corrected chi connectivity index (χ1v) is 5.68. The van der Waals surface area contributed by atoms with E-state index in [1.54, 1.807) is 24.3 Å². The van der Waals surface area contributed by atoms with Gasteiger partial charge in [0.1, 0.15) is 5.75 Å². The van der Waals surface area contributed by atoms with Crippen molar-refractivity contribution in [2.24, 2.45) is 0 Å². The van der Waals surface area contributed by atoms with Crippen LogP contribution >= 0.6 is 15.9 Å². The predicted octanol–water partition coefficient (Wildman–Crippen LogP) is 1.82. The second kappa shape index (κ2) is 6.27. The Morgan fingerprint density at radius 1 is 1.25 bits per heavy atom. The van der Waals surface area contributed by atoms with Crippen LogP contribution in [0.5, 0.6) is 5.75 Å². The quantitative estimate of drug-likeness (QED) is 0.471. The van der Waals surface area contributed by atoms with Crippen molar-refractivity contribution in [3.63, 3.8) is 0 Å². The van der Waals surface area contributed by atoms with Crippen LogP contribution in [0.25, 0.3) is 0 Å². The topological polar surface area (TPSA) is 52.6 Å². The van der Waals surface area contributed by atoms with Crippen LogP contribution in [0.1, 0.15) is 10.4 Å². The molecule has 0 amide bonds. The van der Waals surface area contributed by atoms with Gasteiger partial charge < -0.3 is 9.47 Å². The van der Waals surface area contributed by atoms with Crippen LogP contribution < -0.4 is 4.74 Å². The van der Waals surface area contributed by atoms with Gasteiger partial charge in [0.2, 0.25) is 0 Å². The van der Waals surface area contributed by atoms with Crippen LogP contribution in [0.15, 0.2) is 24.3 Å². The summed E-state index contributed by atoms with van der Waals surface area (Å²) in [4.78, 5) is 22.1. The molecule has 0 saturated carbocycles. The SMILES string of the molecule is COC(=O)COc1ccc(C(=O)CBr)cc1. The third-order valence-corrected chi connectivity index (χ3v) is 2.39. The number of rotatable bonds is 5.